The highest BCUT2D eigenvalue weighted by atomic mass is 35.5. The summed E-state index contributed by atoms with van der Waals surface area (Å²) in [5.41, 5.74) is 2.10. The van der Waals surface area contributed by atoms with Crippen LogP contribution >= 0.6 is 11.6 Å². The molecule has 102 valence electrons. The Balaban J connectivity index is 2.44. The maximum absolute atomic E-state index is 12.3. The minimum Gasteiger partial charge on any atom is -0.280 e. The van der Waals surface area contributed by atoms with E-state index in [9.17, 15) is 8.42 Å². The molecule has 1 aromatic carbocycles. The molecule has 2 aromatic rings. The quantitative estimate of drug-likeness (QED) is 0.915. The Morgan fingerprint density at radius 2 is 1.89 bits per heavy atom. The van der Waals surface area contributed by atoms with Gasteiger partial charge in [-0.25, -0.2) is 8.42 Å². The largest absolute Gasteiger partial charge is 0.280 e. The van der Waals surface area contributed by atoms with E-state index in [0.717, 1.165) is 11.3 Å². The zero-order chi connectivity index (χ0) is 14.2. The summed E-state index contributed by atoms with van der Waals surface area (Å²) in [6, 6.07) is 4.77. The fourth-order valence-electron chi connectivity index (χ4n) is 1.65. The van der Waals surface area contributed by atoms with Crippen molar-refractivity contribution in [3.63, 3.8) is 0 Å². The number of benzene rings is 1. The second-order valence-corrected chi connectivity index (χ2v) is 6.35. The second-order valence-electron chi connectivity index (χ2n) is 4.29. The first-order valence-corrected chi connectivity index (χ1v) is 7.48. The summed E-state index contributed by atoms with van der Waals surface area (Å²) in [5, 5.41) is 7.08. The van der Waals surface area contributed by atoms with Crippen LogP contribution in [0.1, 0.15) is 16.8 Å². The van der Waals surface area contributed by atoms with Gasteiger partial charge in [-0.1, -0.05) is 17.7 Å². The average Bonchev–Trinajstić information content (AvgIpc) is 2.64. The molecule has 2 rings (SSSR count). The molecule has 1 aromatic heterocycles. The van der Waals surface area contributed by atoms with Crippen LogP contribution in [-0.4, -0.2) is 18.6 Å². The summed E-state index contributed by atoms with van der Waals surface area (Å²) in [5.74, 6) is 0.303. The van der Waals surface area contributed by atoms with E-state index in [1.54, 1.807) is 26.0 Å². The van der Waals surface area contributed by atoms with Gasteiger partial charge in [-0.05, 0) is 38.5 Å². The molecule has 0 aliphatic rings. The van der Waals surface area contributed by atoms with Crippen LogP contribution in [0.3, 0.4) is 0 Å². The van der Waals surface area contributed by atoms with Crippen molar-refractivity contribution >= 4 is 27.4 Å². The summed E-state index contributed by atoms with van der Waals surface area (Å²) in [4.78, 5) is 0.153. The minimum atomic E-state index is -3.69. The highest BCUT2D eigenvalue weighted by Gasteiger charge is 2.20. The van der Waals surface area contributed by atoms with Gasteiger partial charge < -0.3 is 0 Å². The molecule has 0 aliphatic heterocycles. The second kappa shape index (κ2) is 4.86. The summed E-state index contributed by atoms with van der Waals surface area (Å²) in [6.45, 7) is 5.28. The number of sulfonamides is 1. The summed E-state index contributed by atoms with van der Waals surface area (Å²) in [7, 11) is -3.69. The number of halogens is 1. The number of hydrogen-bond acceptors (Lipinski definition) is 3. The highest BCUT2D eigenvalue weighted by Crippen LogP contribution is 2.25. The normalized spacial score (nSPS) is 11.6. The monoisotopic (exact) mass is 299 g/mol. The van der Waals surface area contributed by atoms with Gasteiger partial charge in [0.1, 0.15) is 0 Å². The number of anilines is 1. The van der Waals surface area contributed by atoms with Crippen LogP contribution in [0.2, 0.25) is 5.02 Å². The van der Waals surface area contributed by atoms with Gasteiger partial charge in [0.15, 0.2) is 5.82 Å². The van der Waals surface area contributed by atoms with Crippen LogP contribution in [0.5, 0.6) is 0 Å². The van der Waals surface area contributed by atoms with Crippen molar-refractivity contribution in [1.29, 1.82) is 0 Å². The number of rotatable bonds is 3. The van der Waals surface area contributed by atoms with Crippen LogP contribution < -0.4 is 4.72 Å². The first-order chi connectivity index (χ1) is 8.83. The van der Waals surface area contributed by atoms with Gasteiger partial charge in [0.05, 0.1) is 4.90 Å². The maximum Gasteiger partial charge on any atom is 0.263 e. The van der Waals surface area contributed by atoms with E-state index in [4.69, 9.17) is 11.6 Å². The summed E-state index contributed by atoms with van der Waals surface area (Å²) < 4.78 is 27.1. The topological polar surface area (TPSA) is 74.8 Å². The van der Waals surface area contributed by atoms with E-state index in [1.165, 1.54) is 6.07 Å². The van der Waals surface area contributed by atoms with Crippen molar-refractivity contribution in [2.24, 2.45) is 0 Å². The number of H-pyrrole nitrogens is 1. The molecule has 19 heavy (non-hydrogen) atoms. The third kappa shape index (κ3) is 2.59. The number of aromatic nitrogens is 2. The van der Waals surface area contributed by atoms with Crippen molar-refractivity contribution in [3.05, 3.63) is 40.0 Å². The molecule has 0 radical (unpaired) electrons. The molecule has 0 spiro atoms. The lowest BCUT2D eigenvalue weighted by Crippen LogP contribution is -2.15. The first kappa shape index (κ1) is 13.9. The molecule has 7 heteroatoms. The Hall–Kier alpha value is -1.53. The molecule has 0 aliphatic carbocycles. The molecule has 0 saturated heterocycles. The fourth-order valence-corrected chi connectivity index (χ4v) is 3.21. The molecule has 0 amide bonds. The van der Waals surface area contributed by atoms with Gasteiger partial charge in [0.25, 0.3) is 10.0 Å². The third-order valence-corrected chi connectivity index (χ3v) is 4.88. The molecule has 0 bridgehead atoms. The molecular weight excluding hydrogens is 286 g/mol. The Kier molecular flexibility index (Phi) is 3.56. The number of nitrogens with one attached hydrogen (secondary N) is 2. The first-order valence-electron chi connectivity index (χ1n) is 5.62. The van der Waals surface area contributed by atoms with Crippen LogP contribution in [0.25, 0.3) is 0 Å². The van der Waals surface area contributed by atoms with E-state index >= 15 is 0 Å². The number of aryl methyl sites for hydroxylation is 1. The minimum absolute atomic E-state index is 0.153. The van der Waals surface area contributed by atoms with Crippen LogP contribution in [-0.2, 0) is 10.0 Å². The average molecular weight is 300 g/mol. The lowest BCUT2D eigenvalue weighted by Gasteiger charge is -2.10. The molecule has 0 unspecified atom stereocenters. The van der Waals surface area contributed by atoms with E-state index in [-0.39, 0.29) is 4.90 Å². The number of hydrogen-bond donors (Lipinski definition) is 2. The van der Waals surface area contributed by atoms with Crippen LogP contribution in [0.15, 0.2) is 23.1 Å². The zero-order valence-corrected chi connectivity index (χ0v) is 12.4. The Morgan fingerprint density at radius 3 is 2.47 bits per heavy atom. The van der Waals surface area contributed by atoms with Crippen molar-refractivity contribution in [1.82, 2.24) is 10.2 Å². The van der Waals surface area contributed by atoms with E-state index < -0.39 is 10.0 Å². The smallest absolute Gasteiger partial charge is 0.263 e. The van der Waals surface area contributed by atoms with E-state index in [2.05, 4.69) is 14.9 Å². The van der Waals surface area contributed by atoms with Crippen molar-refractivity contribution < 1.29 is 8.42 Å². The summed E-state index contributed by atoms with van der Waals surface area (Å²) in [6.07, 6.45) is 0. The van der Waals surface area contributed by atoms with Gasteiger partial charge in [0, 0.05) is 16.3 Å². The zero-order valence-electron chi connectivity index (χ0n) is 10.8. The molecule has 0 saturated carbocycles. The number of aromatic amines is 1. The molecule has 2 N–H and O–H groups in total. The molecule has 5 nitrogen and oxygen atoms in total. The third-order valence-electron chi connectivity index (χ3n) is 2.99. The predicted molar refractivity (Wildman–Crippen MR) is 75.1 cm³/mol. The predicted octanol–water partition coefficient (Wildman–Crippen LogP) is 2.79. The van der Waals surface area contributed by atoms with Gasteiger partial charge in [0.2, 0.25) is 0 Å². The van der Waals surface area contributed by atoms with Crippen LogP contribution in [0, 0.1) is 20.8 Å². The Morgan fingerprint density at radius 1 is 1.21 bits per heavy atom. The molecule has 0 atom stereocenters. The number of nitrogens with zero attached hydrogens (tertiary/aromatic N) is 1. The summed E-state index contributed by atoms with van der Waals surface area (Å²) >= 11 is 5.94. The van der Waals surface area contributed by atoms with Gasteiger partial charge in [-0.2, -0.15) is 5.10 Å². The standard InChI is InChI=1S/C12H14ClN3O2S/c1-7-9(3)14-15-12(7)16-19(17,18)11-6-4-5-10(13)8(11)2/h4-6H,1-3H3,(H2,14,15,16). The van der Waals surface area contributed by atoms with Crippen molar-refractivity contribution in [3.8, 4) is 0 Å². The van der Waals surface area contributed by atoms with Gasteiger partial charge >= 0.3 is 0 Å². The Bertz CT molecular complexity index is 723. The fraction of sp³-hybridized carbons (Fsp3) is 0.250. The highest BCUT2D eigenvalue weighted by molar-refractivity contribution is 7.92. The van der Waals surface area contributed by atoms with Crippen LogP contribution in [0.4, 0.5) is 5.82 Å². The Labute approximate surface area is 117 Å². The molecule has 0 fully saturated rings. The van der Waals surface area contributed by atoms with Gasteiger partial charge in [-0.3, -0.25) is 9.82 Å². The lowest BCUT2D eigenvalue weighted by molar-refractivity contribution is 0.600. The van der Waals surface area contributed by atoms with Gasteiger partial charge in [-0.15, -0.1) is 0 Å². The molecular formula is C12H14ClN3O2S. The van der Waals surface area contributed by atoms with E-state index in [0.29, 0.717) is 16.4 Å². The SMILES string of the molecule is Cc1[nH]nc(NS(=O)(=O)c2cccc(Cl)c2C)c1C. The maximum atomic E-state index is 12.3. The van der Waals surface area contributed by atoms with Crippen molar-refractivity contribution in [2.45, 2.75) is 25.7 Å². The molecule has 1 heterocycles. The lowest BCUT2D eigenvalue weighted by atomic mass is 10.2. The van der Waals surface area contributed by atoms with Crippen molar-refractivity contribution in [2.75, 3.05) is 4.72 Å². The van der Waals surface area contributed by atoms with E-state index in [1.807, 2.05) is 6.92 Å².